The van der Waals surface area contributed by atoms with Gasteiger partial charge in [0.2, 0.25) is 0 Å². The fourth-order valence-electron chi connectivity index (χ4n) is 1.72. The average molecular weight is 300 g/mol. The Balaban J connectivity index is 3.88. The molecule has 0 aliphatic heterocycles. The first-order valence-electron chi connectivity index (χ1n) is 7.87. The molecule has 0 rings (SSSR count). The molecule has 3 nitrogen and oxygen atoms in total. The summed E-state index contributed by atoms with van der Waals surface area (Å²) in [5, 5.41) is 0. The second-order valence-electron chi connectivity index (χ2n) is 6.28. The molecule has 0 aromatic rings. The summed E-state index contributed by atoms with van der Waals surface area (Å²) in [5.41, 5.74) is 1.40. The van der Waals surface area contributed by atoms with Crippen LogP contribution in [0.5, 0.6) is 0 Å². The van der Waals surface area contributed by atoms with Crippen LogP contribution in [0.2, 0.25) is 0 Å². The lowest BCUT2D eigenvalue weighted by molar-refractivity contribution is 0.0476. The van der Waals surface area contributed by atoms with Crippen LogP contribution in [-0.4, -0.2) is 34.0 Å². The number of allylic oxidation sites excluding steroid dienone is 2. The molecule has 1 atom stereocenters. The Labute approximate surface area is 131 Å². The van der Waals surface area contributed by atoms with Gasteiger partial charge in [-0.25, -0.2) is 0 Å². The Hall–Kier alpha value is 0.152. The third kappa shape index (κ3) is 13.2. The van der Waals surface area contributed by atoms with Crippen molar-refractivity contribution < 1.29 is 11.4 Å². The molecule has 0 N–H and O–H groups in total. The molecule has 0 saturated heterocycles. The van der Waals surface area contributed by atoms with Gasteiger partial charge in [0.15, 0.2) is 0 Å². The average Bonchev–Trinajstić information content (AvgIpc) is 2.26. The van der Waals surface area contributed by atoms with E-state index in [0.717, 1.165) is 19.4 Å². The van der Waals surface area contributed by atoms with Gasteiger partial charge in [-0.2, -0.15) is 0 Å². The predicted octanol–water partition coefficient (Wildman–Crippen LogP) is 4.61. The van der Waals surface area contributed by atoms with Gasteiger partial charge in [-0.05, 0) is 66.7 Å². The van der Waals surface area contributed by atoms with Crippen molar-refractivity contribution in [2.24, 2.45) is 5.92 Å². The van der Waals surface area contributed by atoms with Crippen molar-refractivity contribution in [3.05, 3.63) is 11.6 Å². The van der Waals surface area contributed by atoms with Gasteiger partial charge in [0, 0.05) is 18.8 Å². The Bertz CT molecular complexity index is 250. The summed E-state index contributed by atoms with van der Waals surface area (Å²) < 4.78 is 17.3. The summed E-state index contributed by atoms with van der Waals surface area (Å²) in [4.78, 5) is 0. The van der Waals surface area contributed by atoms with Crippen molar-refractivity contribution in [2.75, 3.05) is 6.61 Å². The van der Waals surface area contributed by atoms with Crippen LogP contribution in [0, 0.1) is 5.92 Å². The first kappa shape index (κ1) is 20.2. The smallest absolute Gasteiger partial charge is 0.454 e. The maximum absolute atomic E-state index is 5.84. The van der Waals surface area contributed by atoms with Crippen molar-refractivity contribution in [3.8, 4) is 0 Å². The molecule has 0 bridgehead atoms. The van der Waals surface area contributed by atoms with Gasteiger partial charge in [0.1, 0.15) is 0 Å². The summed E-state index contributed by atoms with van der Waals surface area (Å²) in [6.07, 6.45) is 6.09. The van der Waals surface area contributed by atoms with Crippen molar-refractivity contribution in [1.29, 1.82) is 0 Å². The summed E-state index contributed by atoms with van der Waals surface area (Å²) in [7, 11) is 0. The van der Waals surface area contributed by atoms with E-state index in [1.165, 1.54) is 12.0 Å². The first-order chi connectivity index (χ1) is 9.31. The standard InChI is InChI=1S/C10H19O.2C3H7O.Al/c1-9(2)5-4-6-10(3)7-8-11;2*1-3(2)4;/h5,10H,4,6-8H2,1-3H3;2*3H,1-2H3;/q3*-1;+3. The van der Waals surface area contributed by atoms with E-state index in [1.54, 1.807) is 0 Å². The zero-order valence-corrected chi connectivity index (χ0v) is 15.6. The Morgan fingerprint density at radius 3 is 1.95 bits per heavy atom. The van der Waals surface area contributed by atoms with E-state index in [2.05, 4.69) is 26.8 Å². The lowest BCUT2D eigenvalue weighted by atomic mass is 10.0. The number of rotatable bonds is 11. The monoisotopic (exact) mass is 300 g/mol. The SMILES string of the molecule is CC(C)=CCCC(C)CC[O][Al]([O]C(C)C)[O]C(C)C. The van der Waals surface area contributed by atoms with E-state index in [4.69, 9.17) is 11.4 Å². The van der Waals surface area contributed by atoms with Crippen molar-refractivity contribution >= 4 is 15.1 Å². The van der Waals surface area contributed by atoms with Gasteiger partial charge in [-0.15, -0.1) is 0 Å². The first-order valence-corrected chi connectivity index (χ1v) is 9.28. The second kappa shape index (κ2) is 11.8. The van der Waals surface area contributed by atoms with Crippen molar-refractivity contribution in [3.63, 3.8) is 0 Å². The molecule has 0 aliphatic carbocycles. The van der Waals surface area contributed by atoms with E-state index in [0.29, 0.717) is 5.92 Å². The lowest BCUT2D eigenvalue weighted by Crippen LogP contribution is -2.33. The van der Waals surface area contributed by atoms with Crippen LogP contribution < -0.4 is 0 Å². The fraction of sp³-hybridized carbons (Fsp3) is 0.875. The molecule has 0 amide bonds. The minimum absolute atomic E-state index is 0.167. The predicted molar refractivity (Wildman–Crippen MR) is 86.6 cm³/mol. The highest BCUT2D eigenvalue weighted by Gasteiger charge is 2.33. The largest absolute Gasteiger partial charge is 0.905 e. The van der Waals surface area contributed by atoms with Gasteiger partial charge in [-0.3, -0.25) is 0 Å². The Kier molecular flexibility index (Phi) is 11.9. The molecule has 118 valence electrons. The van der Waals surface area contributed by atoms with Crippen LogP contribution >= 0.6 is 0 Å². The summed E-state index contributed by atoms with van der Waals surface area (Å²) in [6, 6.07) is 0. The molecule has 0 aliphatic rings. The third-order valence-corrected chi connectivity index (χ3v) is 4.88. The van der Waals surface area contributed by atoms with E-state index in [9.17, 15) is 0 Å². The van der Waals surface area contributed by atoms with Crippen LogP contribution in [0.15, 0.2) is 11.6 Å². The number of hydrogen-bond donors (Lipinski definition) is 0. The van der Waals surface area contributed by atoms with Crippen molar-refractivity contribution in [2.45, 2.75) is 79.9 Å². The van der Waals surface area contributed by atoms with E-state index >= 15 is 0 Å². The van der Waals surface area contributed by atoms with Gasteiger partial charge in [0.05, 0.1) is 0 Å². The normalized spacial score (nSPS) is 12.8. The highest BCUT2D eigenvalue weighted by atomic mass is 27.3. The zero-order valence-electron chi connectivity index (χ0n) is 14.4. The number of hydrogen-bond acceptors (Lipinski definition) is 3. The molecule has 0 aromatic heterocycles. The summed E-state index contributed by atoms with van der Waals surface area (Å²) >= 11 is -1.96. The highest BCUT2D eigenvalue weighted by Crippen LogP contribution is 2.12. The maximum atomic E-state index is 5.84. The van der Waals surface area contributed by atoms with Crippen LogP contribution in [-0.2, 0) is 11.4 Å². The maximum Gasteiger partial charge on any atom is 0.905 e. The molecule has 1 unspecified atom stereocenters. The topological polar surface area (TPSA) is 27.7 Å². The lowest BCUT2D eigenvalue weighted by Gasteiger charge is -2.19. The van der Waals surface area contributed by atoms with Crippen LogP contribution in [0.1, 0.15) is 67.7 Å². The summed E-state index contributed by atoms with van der Waals surface area (Å²) in [6.45, 7) is 15.4. The van der Waals surface area contributed by atoms with E-state index < -0.39 is 15.1 Å². The minimum Gasteiger partial charge on any atom is -0.454 e. The molecule has 0 saturated carbocycles. The molecule has 0 heterocycles. The van der Waals surface area contributed by atoms with Gasteiger partial charge in [-0.1, -0.05) is 18.6 Å². The second-order valence-corrected chi connectivity index (χ2v) is 7.74. The fourth-order valence-corrected chi connectivity index (χ4v) is 3.16. The Morgan fingerprint density at radius 2 is 1.50 bits per heavy atom. The summed E-state index contributed by atoms with van der Waals surface area (Å²) in [5.74, 6) is 0.679. The molecule has 20 heavy (non-hydrogen) atoms. The van der Waals surface area contributed by atoms with Crippen LogP contribution in [0.3, 0.4) is 0 Å². The van der Waals surface area contributed by atoms with Crippen LogP contribution in [0.4, 0.5) is 0 Å². The zero-order chi connectivity index (χ0) is 15.5. The molecule has 4 heteroatoms. The van der Waals surface area contributed by atoms with Crippen LogP contribution in [0.25, 0.3) is 0 Å². The quantitative estimate of drug-likeness (QED) is 0.412. The molecular weight excluding hydrogens is 267 g/mol. The minimum atomic E-state index is -1.96. The highest BCUT2D eigenvalue weighted by molar-refractivity contribution is 6.36. The molecule has 0 spiro atoms. The molecule has 0 aromatic carbocycles. The molecule has 0 radical (unpaired) electrons. The Morgan fingerprint density at radius 1 is 0.950 bits per heavy atom. The van der Waals surface area contributed by atoms with Gasteiger partial charge in [0.25, 0.3) is 0 Å². The molecule has 0 fully saturated rings. The third-order valence-electron chi connectivity index (χ3n) is 2.84. The van der Waals surface area contributed by atoms with E-state index in [1.807, 2.05) is 27.7 Å². The van der Waals surface area contributed by atoms with Gasteiger partial charge >= 0.3 is 15.1 Å². The van der Waals surface area contributed by atoms with E-state index in [-0.39, 0.29) is 12.2 Å². The molecular formula is C16H33AlO3. The van der Waals surface area contributed by atoms with Crippen molar-refractivity contribution in [1.82, 2.24) is 0 Å². The van der Waals surface area contributed by atoms with Gasteiger partial charge < -0.3 is 11.4 Å².